The molecule has 4 rings (SSSR count). The van der Waals surface area contributed by atoms with Crippen LogP contribution in [0.3, 0.4) is 0 Å². The van der Waals surface area contributed by atoms with Gasteiger partial charge in [0, 0.05) is 24.1 Å². The summed E-state index contributed by atoms with van der Waals surface area (Å²) < 4.78 is 24.1. The molecule has 31 heavy (non-hydrogen) atoms. The van der Waals surface area contributed by atoms with Gasteiger partial charge in [0.15, 0.2) is 16.7 Å². The van der Waals surface area contributed by atoms with Crippen molar-refractivity contribution in [3.63, 3.8) is 0 Å². The third-order valence-electron chi connectivity index (χ3n) is 4.99. The first-order valence-electron chi connectivity index (χ1n) is 10.1. The van der Waals surface area contributed by atoms with Gasteiger partial charge in [0.2, 0.25) is 0 Å². The summed E-state index contributed by atoms with van der Waals surface area (Å²) in [6.07, 6.45) is 0.196. The van der Waals surface area contributed by atoms with Gasteiger partial charge in [-0.2, -0.15) is 0 Å². The van der Waals surface area contributed by atoms with Crippen molar-refractivity contribution in [2.45, 2.75) is 58.7 Å². The zero-order valence-corrected chi connectivity index (χ0v) is 18.9. The van der Waals surface area contributed by atoms with Gasteiger partial charge in [-0.3, -0.25) is 5.32 Å². The first-order valence-corrected chi connectivity index (χ1v) is 10.9. The van der Waals surface area contributed by atoms with Gasteiger partial charge < -0.3 is 14.2 Å². The molecule has 3 heterocycles. The monoisotopic (exact) mass is 444 g/mol. The third kappa shape index (κ3) is 4.56. The average molecular weight is 445 g/mol. The van der Waals surface area contributed by atoms with E-state index in [4.69, 9.17) is 9.26 Å². The molecule has 9 heteroatoms. The zero-order valence-electron chi connectivity index (χ0n) is 18.1. The molecule has 1 aliphatic rings. The fourth-order valence-electron chi connectivity index (χ4n) is 3.73. The van der Waals surface area contributed by atoms with E-state index in [1.165, 1.54) is 23.5 Å². The van der Waals surface area contributed by atoms with Crippen molar-refractivity contribution in [1.29, 1.82) is 0 Å². The smallest absolute Gasteiger partial charge is 0.413 e. The van der Waals surface area contributed by atoms with Crippen molar-refractivity contribution in [1.82, 2.24) is 10.1 Å². The summed E-state index contributed by atoms with van der Waals surface area (Å²) in [7, 11) is 0. The van der Waals surface area contributed by atoms with E-state index in [-0.39, 0.29) is 17.9 Å². The van der Waals surface area contributed by atoms with Crippen LogP contribution >= 0.6 is 11.3 Å². The normalized spacial score (nSPS) is 18.6. The number of halogens is 1. The number of hydrogen-bond donors (Lipinski definition) is 1. The van der Waals surface area contributed by atoms with Crippen LogP contribution in [0.1, 0.15) is 51.2 Å². The molecule has 1 amide bonds. The Morgan fingerprint density at radius 1 is 1.29 bits per heavy atom. The summed E-state index contributed by atoms with van der Waals surface area (Å²) in [5.41, 5.74) is 1.16. The van der Waals surface area contributed by atoms with Gasteiger partial charge in [-0.1, -0.05) is 16.5 Å². The third-order valence-corrected chi connectivity index (χ3v) is 6.17. The molecule has 0 bridgehead atoms. The van der Waals surface area contributed by atoms with Gasteiger partial charge in [-0.05, 0) is 58.9 Å². The lowest BCUT2D eigenvalue weighted by atomic mass is 10.00. The minimum Gasteiger partial charge on any atom is -0.444 e. The Kier molecular flexibility index (Phi) is 5.47. The number of aromatic nitrogens is 2. The summed E-state index contributed by atoms with van der Waals surface area (Å²) in [5.74, 6) is 0.993. The van der Waals surface area contributed by atoms with Crippen molar-refractivity contribution in [3.8, 4) is 11.3 Å². The predicted molar refractivity (Wildman–Crippen MR) is 118 cm³/mol. The number of amides is 1. The first-order chi connectivity index (χ1) is 14.6. The van der Waals surface area contributed by atoms with E-state index in [0.29, 0.717) is 23.1 Å². The molecule has 3 aromatic rings. The maximum Gasteiger partial charge on any atom is 0.413 e. The topological polar surface area (TPSA) is 80.5 Å². The van der Waals surface area contributed by atoms with Gasteiger partial charge in [0.25, 0.3) is 0 Å². The number of ether oxygens (including phenoxy) is 1. The van der Waals surface area contributed by atoms with Crippen molar-refractivity contribution in [2.75, 3.05) is 10.2 Å². The Morgan fingerprint density at radius 2 is 2.00 bits per heavy atom. The Morgan fingerprint density at radius 3 is 2.68 bits per heavy atom. The quantitative estimate of drug-likeness (QED) is 0.550. The number of carbonyl (C=O) groups excluding carboxylic acids is 1. The fraction of sp³-hybridized carbons (Fsp3) is 0.409. The number of benzene rings is 1. The summed E-state index contributed by atoms with van der Waals surface area (Å²) in [4.78, 5) is 20.0. The SMILES string of the molecule is C[C@@H]1Cc2nc(NC(=O)OC(C)(C)C)sc2[C@H](C)N1c1cc(-c2ccc(F)cc2)on1. The van der Waals surface area contributed by atoms with Crippen molar-refractivity contribution >= 4 is 28.4 Å². The second kappa shape index (κ2) is 7.96. The molecule has 0 radical (unpaired) electrons. The average Bonchev–Trinajstić information content (AvgIpc) is 3.28. The van der Waals surface area contributed by atoms with Gasteiger partial charge in [-0.15, -0.1) is 0 Å². The van der Waals surface area contributed by atoms with Crippen LogP contribution in [0.5, 0.6) is 0 Å². The minimum atomic E-state index is -0.575. The number of nitrogens with one attached hydrogen (secondary N) is 1. The number of fused-ring (bicyclic) bond motifs is 1. The molecule has 0 fully saturated rings. The van der Waals surface area contributed by atoms with Gasteiger partial charge >= 0.3 is 6.09 Å². The Bertz CT molecular complexity index is 1090. The Hall–Kier alpha value is -2.94. The summed E-state index contributed by atoms with van der Waals surface area (Å²) in [6.45, 7) is 9.64. The zero-order chi connectivity index (χ0) is 22.3. The second-order valence-electron chi connectivity index (χ2n) is 8.65. The van der Waals surface area contributed by atoms with Crippen LogP contribution in [0.25, 0.3) is 11.3 Å². The van der Waals surface area contributed by atoms with Crippen LogP contribution in [-0.2, 0) is 11.2 Å². The molecule has 2 atom stereocenters. The number of rotatable bonds is 3. The highest BCUT2D eigenvalue weighted by Gasteiger charge is 2.34. The van der Waals surface area contributed by atoms with Gasteiger partial charge in [-0.25, -0.2) is 14.2 Å². The van der Waals surface area contributed by atoms with Crippen LogP contribution in [0.15, 0.2) is 34.9 Å². The summed E-state index contributed by atoms with van der Waals surface area (Å²) >= 11 is 1.44. The highest BCUT2D eigenvalue weighted by Crippen LogP contribution is 2.41. The second-order valence-corrected chi connectivity index (χ2v) is 9.68. The van der Waals surface area contributed by atoms with E-state index in [0.717, 1.165) is 16.1 Å². The molecule has 1 N–H and O–H groups in total. The molecule has 2 aromatic heterocycles. The van der Waals surface area contributed by atoms with E-state index < -0.39 is 11.7 Å². The summed E-state index contributed by atoms with van der Waals surface area (Å²) in [5, 5.41) is 7.52. The molecule has 0 saturated carbocycles. The molecule has 0 saturated heterocycles. The van der Waals surface area contributed by atoms with Crippen molar-refractivity contribution in [2.24, 2.45) is 0 Å². The number of hydrogen-bond acceptors (Lipinski definition) is 7. The molecule has 164 valence electrons. The fourth-order valence-corrected chi connectivity index (χ4v) is 4.76. The number of anilines is 2. The van der Waals surface area contributed by atoms with E-state index in [2.05, 4.69) is 34.2 Å². The first kappa shape index (κ1) is 21.3. The largest absolute Gasteiger partial charge is 0.444 e. The molecule has 0 spiro atoms. The van der Waals surface area contributed by atoms with E-state index in [1.54, 1.807) is 12.1 Å². The van der Waals surface area contributed by atoms with Crippen LogP contribution in [0.4, 0.5) is 20.1 Å². The van der Waals surface area contributed by atoms with Crippen LogP contribution < -0.4 is 10.2 Å². The molecule has 0 aliphatic carbocycles. The number of carbonyl (C=O) groups is 1. The standard InChI is InChI=1S/C22H25FN4O3S/c1-12-10-16-19(31-20(24-16)25-21(28)29-22(3,4)5)13(2)27(12)18-11-17(30-26-18)14-6-8-15(23)9-7-14/h6-9,11-13H,10H2,1-5H3,(H,24,25,28)/t12-,13+/m1/s1. The van der Waals surface area contributed by atoms with E-state index >= 15 is 0 Å². The van der Waals surface area contributed by atoms with Gasteiger partial charge in [0.05, 0.1) is 16.6 Å². The minimum absolute atomic E-state index is 0.00314. The maximum atomic E-state index is 13.2. The molecule has 1 aromatic carbocycles. The molecular weight excluding hydrogens is 419 g/mol. The number of thiazole rings is 1. The van der Waals surface area contributed by atoms with E-state index in [1.807, 2.05) is 26.8 Å². The Labute approximate surface area is 184 Å². The molecule has 0 unspecified atom stereocenters. The lowest BCUT2D eigenvalue weighted by molar-refractivity contribution is 0.0636. The number of nitrogens with zero attached hydrogens (tertiary/aromatic N) is 3. The predicted octanol–water partition coefficient (Wildman–Crippen LogP) is 5.80. The van der Waals surface area contributed by atoms with Crippen LogP contribution in [-0.4, -0.2) is 27.9 Å². The van der Waals surface area contributed by atoms with Crippen LogP contribution in [0, 0.1) is 5.82 Å². The molecule has 7 nitrogen and oxygen atoms in total. The van der Waals surface area contributed by atoms with E-state index in [9.17, 15) is 9.18 Å². The summed E-state index contributed by atoms with van der Waals surface area (Å²) in [6, 6.07) is 8.11. The van der Waals surface area contributed by atoms with Gasteiger partial charge in [0.1, 0.15) is 11.4 Å². The van der Waals surface area contributed by atoms with Crippen molar-refractivity contribution in [3.05, 3.63) is 46.7 Å². The lowest BCUT2D eigenvalue weighted by Gasteiger charge is -2.37. The maximum absolute atomic E-state index is 13.2. The molecule has 1 aliphatic heterocycles. The Balaban J connectivity index is 1.55. The van der Waals surface area contributed by atoms with Crippen molar-refractivity contribution < 1.29 is 18.4 Å². The van der Waals surface area contributed by atoms with Crippen LogP contribution in [0.2, 0.25) is 0 Å². The lowest BCUT2D eigenvalue weighted by Crippen LogP contribution is -2.40. The highest BCUT2D eigenvalue weighted by atomic mass is 32.1. The highest BCUT2D eigenvalue weighted by molar-refractivity contribution is 7.16. The molecular formula is C22H25FN4O3S.